The second-order valence-electron chi connectivity index (χ2n) is 4.30. The van der Waals surface area contributed by atoms with Crippen LogP contribution in [-0.2, 0) is 0 Å². The molecule has 4 N–H and O–H groups in total. The first kappa shape index (κ1) is 14.5. The van der Waals surface area contributed by atoms with Gasteiger partial charge in [-0.25, -0.2) is 4.79 Å². The molecule has 0 heterocycles. The number of hydrogen-bond acceptors (Lipinski definition) is 2. The number of carbonyl (C=O) groups is 1. The molecule has 2 rings (SSSR count). The summed E-state index contributed by atoms with van der Waals surface area (Å²) in [5.74, 6) is 0. The summed E-state index contributed by atoms with van der Waals surface area (Å²) in [5, 5.41) is 6.01. The van der Waals surface area contributed by atoms with Gasteiger partial charge in [-0.1, -0.05) is 35.3 Å². The van der Waals surface area contributed by atoms with Crippen molar-refractivity contribution in [2.24, 2.45) is 0 Å². The predicted molar refractivity (Wildman–Crippen MR) is 84.7 cm³/mol. The van der Waals surface area contributed by atoms with Crippen LogP contribution < -0.4 is 16.4 Å². The molecule has 20 heavy (non-hydrogen) atoms. The molecular weight excluding hydrogens is 297 g/mol. The van der Waals surface area contributed by atoms with E-state index in [0.29, 0.717) is 22.1 Å². The molecule has 4 nitrogen and oxygen atoms in total. The third-order valence-corrected chi connectivity index (χ3v) is 3.12. The fraction of sp³-hybridized carbons (Fsp3) is 0.0714. The van der Waals surface area contributed by atoms with E-state index in [2.05, 4.69) is 10.6 Å². The zero-order valence-electron chi connectivity index (χ0n) is 10.7. The molecular formula is C14H13Cl2N3O. The van der Waals surface area contributed by atoms with Gasteiger partial charge in [-0.15, -0.1) is 0 Å². The van der Waals surface area contributed by atoms with Crippen LogP contribution in [0.4, 0.5) is 21.9 Å². The number of benzene rings is 2. The highest BCUT2D eigenvalue weighted by Crippen LogP contribution is 2.32. The zero-order chi connectivity index (χ0) is 14.7. The van der Waals surface area contributed by atoms with Crippen LogP contribution in [0.2, 0.25) is 10.0 Å². The minimum Gasteiger partial charge on any atom is -0.397 e. The maximum absolute atomic E-state index is 11.9. The molecule has 0 fully saturated rings. The van der Waals surface area contributed by atoms with Crippen LogP contribution in [0.15, 0.2) is 36.4 Å². The lowest BCUT2D eigenvalue weighted by Gasteiger charge is -2.12. The third kappa shape index (κ3) is 3.56. The predicted octanol–water partition coefficient (Wildman–Crippen LogP) is 4.53. The highest BCUT2D eigenvalue weighted by Gasteiger charge is 2.10. The Bertz CT molecular complexity index is 636. The largest absolute Gasteiger partial charge is 0.397 e. The monoisotopic (exact) mass is 309 g/mol. The maximum atomic E-state index is 11.9. The molecule has 2 aromatic carbocycles. The molecule has 6 heteroatoms. The van der Waals surface area contributed by atoms with Crippen LogP contribution in [0, 0.1) is 6.92 Å². The van der Waals surface area contributed by atoms with Gasteiger partial charge >= 0.3 is 6.03 Å². The van der Waals surface area contributed by atoms with E-state index in [1.807, 2.05) is 25.1 Å². The quantitative estimate of drug-likeness (QED) is 0.713. The van der Waals surface area contributed by atoms with E-state index in [1.54, 1.807) is 6.07 Å². The number of aryl methyl sites for hydroxylation is 1. The molecule has 0 saturated carbocycles. The fourth-order valence-corrected chi connectivity index (χ4v) is 2.28. The van der Waals surface area contributed by atoms with Crippen molar-refractivity contribution in [3.8, 4) is 0 Å². The molecule has 0 aliphatic rings. The maximum Gasteiger partial charge on any atom is 0.323 e. The van der Waals surface area contributed by atoms with Gasteiger partial charge in [-0.3, -0.25) is 0 Å². The van der Waals surface area contributed by atoms with Gasteiger partial charge in [0.15, 0.2) is 0 Å². The number of urea groups is 1. The summed E-state index contributed by atoms with van der Waals surface area (Å²) in [7, 11) is 0. The van der Waals surface area contributed by atoms with E-state index < -0.39 is 6.03 Å². The number of amides is 2. The number of rotatable bonds is 2. The Morgan fingerprint density at radius 3 is 2.55 bits per heavy atom. The van der Waals surface area contributed by atoms with Crippen LogP contribution >= 0.6 is 23.2 Å². The second-order valence-corrected chi connectivity index (χ2v) is 5.14. The fourth-order valence-electron chi connectivity index (χ4n) is 1.72. The minimum atomic E-state index is -0.425. The average Bonchev–Trinajstić information content (AvgIpc) is 2.33. The van der Waals surface area contributed by atoms with Gasteiger partial charge in [0.2, 0.25) is 0 Å². The summed E-state index contributed by atoms with van der Waals surface area (Å²) in [6.07, 6.45) is 0. The number of hydrogen-bond donors (Lipinski definition) is 3. The Balaban J connectivity index is 2.13. The number of anilines is 3. The van der Waals surface area contributed by atoms with E-state index in [1.165, 1.54) is 12.1 Å². The SMILES string of the molecule is Cc1cccc(NC(=O)Nc2c(N)cc(Cl)cc2Cl)c1. The smallest absolute Gasteiger partial charge is 0.323 e. The van der Waals surface area contributed by atoms with Crippen LogP contribution in [0.25, 0.3) is 0 Å². The molecule has 0 bridgehead atoms. The summed E-state index contributed by atoms with van der Waals surface area (Å²) < 4.78 is 0. The Morgan fingerprint density at radius 1 is 1.15 bits per heavy atom. The average molecular weight is 310 g/mol. The van der Waals surface area contributed by atoms with Crippen LogP contribution in [0.5, 0.6) is 0 Å². The number of carbonyl (C=O) groups excluding carboxylic acids is 1. The first-order valence-corrected chi connectivity index (χ1v) is 6.60. The lowest BCUT2D eigenvalue weighted by atomic mass is 10.2. The Kier molecular flexibility index (Phi) is 4.37. The van der Waals surface area contributed by atoms with E-state index in [0.717, 1.165) is 5.56 Å². The number of nitrogens with two attached hydrogens (primary N) is 1. The van der Waals surface area contributed by atoms with Crippen molar-refractivity contribution in [1.82, 2.24) is 0 Å². The molecule has 0 radical (unpaired) electrons. The number of nitrogen functional groups attached to an aromatic ring is 1. The second kappa shape index (κ2) is 6.03. The summed E-state index contributed by atoms with van der Waals surface area (Å²) in [5.41, 5.74) is 8.15. The van der Waals surface area contributed by atoms with E-state index >= 15 is 0 Å². The normalized spacial score (nSPS) is 10.2. The van der Waals surface area contributed by atoms with Crippen molar-refractivity contribution < 1.29 is 4.79 Å². The first-order valence-electron chi connectivity index (χ1n) is 5.85. The van der Waals surface area contributed by atoms with E-state index in [-0.39, 0.29) is 5.02 Å². The minimum absolute atomic E-state index is 0.286. The third-order valence-electron chi connectivity index (χ3n) is 2.60. The molecule has 0 aliphatic heterocycles. The van der Waals surface area contributed by atoms with Gasteiger partial charge in [0.1, 0.15) is 0 Å². The molecule has 2 amide bonds. The summed E-state index contributed by atoms with van der Waals surface area (Å²) in [6.45, 7) is 1.94. The Labute approximate surface area is 126 Å². The van der Waals surface area contributed by atoms with Crippen molar-refractivity contribution in [3.05, 3.63) is 52.0 Å². The molecule has 0 saturated heterocycles. The van der Waals surface area contributed by atoms with Gasteiger partial charge in [0, 0.05) is 10.7 Å². The molecule has 104 valence electrons. The Hall–Kier alpha value is -1.91. The highest BCUT2D eigenvalue weighted by atomic mass is 35.5. The van der Waals surface area contributed by atoms with Crippen molar-refractivity contribution in [2.75, 3.05) is 16.4 Å². The van der Waals surface area contributed by atoms with Crippen molar-refractivity contribution in [2.45, 2.75) is 6.92 Å². The Morgan fingerprint density at radius 2 is 1.90 bits per heavy atom. The van der Waals surface area contributed by atoms with E-state index in [9.17, 15) is 4.79 Å². The van der Waals surface area contributed by atoms with Gasteiger partial charge in [0.25, 0.3) is 0 Å². The van der Waals surface area contributed by atoms with Gasteiger partial charge < -0.3 is 16.4 Å². The molecule has 0 aromatic heterocycles. The highest BCUT2D eigenvalue weighted by molar-refractivity contribution is 6.37. The topological polar surface area (TPSA) is 67.2 Å². The molecule has 2 aromatic rings. The molecule has 0 atom stereocenters. The van der Waals surface area contributed by atoms with Crippen LogP contribution in [0.3, 0.4) is 0 Å². The van der Waals surface area contributed by atoms with Crippen molar-refractivity contribution >= 4 is 46.3 Å². The standard InChI is InChI=1S/C14H13Cl2N3O/c1-8-3-2-4-10(5-8)18-14(20)19-13-11(16)6-9(15)7-12(13)17/h2-7H,17H2,1H3,(H2,18,19,20). The number of halogens is 2. The summed E-state index contributed by atoms with van der Waals surface area (Å²) >= 11 is 11.8. The van der Waals surface area contributed by atoms with Crippen molar-refractivity contribution in [1.29, 1.82) is 0 Å². The van der Waals surface area contributed by atoms with Gasteiger partial charge in [-0.05, 0) is 36.8 Å². The van der Waals surface area contributed by atoms with Gasteiger partial charge in [-0.2, -0.15) is 0 Å². The number of nitrogens with one attached hydrogen (secondary N) is 2. The van der Waals surface area contributed by atoms with Crippen LogP contribution in [0.1, 0.15) is 5.56 Å². The summed E-state index contributed by atoms with van der Waals surface area (Å²) in [4.78, 5) is 11.9. The lowest BCUT2D eigenvalue weighted by molar-refractivity contribution is 0.262. The molecule has 0 aliphatic carbocycles. The first-order chi connectivity index (χ1) is 9.45. The van der Waals surface area contributed by atoms with Crippen LogP contribution in [-0.4, -0.2) is 6.03 Å². The molecule has 0 unspecified atom stereocenters. The summed E-state index contributed by atoms with van der Waals surface area (Å²) in [6, 6.07) is 10.1. The lowest BCUT2D eigenvalue weighted by Crippen LogP contribution is -2.20. The van der Waals surface area contributed by atoms with E-state index in [4.69, 9.17) is 28.9 Å². The van der Waals surface area contributed by atoms with Crippen molar-refractivity contribution in [3.63, 3.8) is 0 Å². The molecule has 0 spiro atoms. The zero-order valence-corrected chi connectivity index (χ0v) is 12.2. The van der Waals surface area contributed by atoms with Gasteiger partial charge in [0.05, 0.1) is 16.4 Å².